The van der Waals surface area contributed by atoms with Crippen molar-refractivity contribution < 1.29 is 9.47 Å². The van der Waals surface area contributed by atoms with Gasteiger partial charge in [0.05, 0.1) is 24.9 Å². The molecule has 29 heavy (non-hydrogen) atoms. The van der Waals surface area contributed by atoms with Crippen molar-refractivity contribution in [1.29, 1.82) is 0 Å². The number of fused-ring (bicyclic) bond motifs is 5. The molecule has 0 bridgehead atoms. The van der Waals surface area contributed by atoms with E-state index in [9.17, 15) is 0 Å². The molecule has 0 saturated heterocycles. The predicted octanol–water partition coefficient (Wildman–Crippen LogP) is 5.11. The highest BCUT2D eigenvalue weighted by molar-refractivity contribution is 6.09. The molecule has 146 valence electrons. The zero-order valence-corrected chi connectivity index (χ0v) is 16.8. The number of benzene rings is 3. The van der Waals surface area contributed by atoms with Gasteiger partial charge in [0.2, 0.25) is 0 Å². The fraction of sp³-hybridized carbons (Fsp3) is 0.240. The maximum atomic E-state index is 6.00. The molecule has 4 heteroatoms. The number of aromatic nitrogens is 1. The number of hydrogen-bond donors (Lipinski definition) is 1. The van der Waals surface area contributed by atoms with Crippen LogP contribution in [0.2, 0.25) is 0 Å². The number of para-hydroxylation sites is 1. The van der Waals surface area contributed by atoms with Crippen molar-refractivity contribution in [3.8, 4) is 22.8 Å². The molecule has 0 amide bonds. The third-order valence-corrected chi connectivity index (χ3v) is 5.69. The summed E-state index contributed by atoms with van der Waals surface area (Å²) in [6.07, 6.45) is 0.989. The van der Waals surface area contributed by atoms with Gasteiger partial charge in [-0.3, -0.25) is 0 Å². The summed E-state index contributed by atoms with van der Waals surface area (Å²) >= 11 is 0. The summed E-state index contributed by atoms with van der Waals surface area (Å²) in [5.41, 5.74) is 5.66. The third-order valence-electron chi connectivity index (χ3n) is 5.69. The number of nitrogens with one attached hydrogen (secondary N) is 1. The van der Waals surface area contributed by atoms with E-state index in [1.165, 1.54) is 27.3 Å². The van der Waals surface area contributed by atoms with Gasteiger partial charge >= 0.3 is 0 Å². The van der Waals surface area contributed by atoms with Gasteiger partial charge < -0.3 is 14.8 Å². The maximum Gasteiger partial charge on any atom is 0.170 e. The molecule has 0 spiro atoms. The summed E-state index contributed by atoms with van der Waals surface area (Å²) in [5, 5.41) is 7.35. The van der Waals surface area contributed by atoms with Crippen LogP contribution in [0, 0.1) is 0 Å². The van der Waals surface area contributed by atoms with E-state index in [1.807, 2.05) is 19.1 Å². The molecule has 0 aliphatic carbocycles. The van der Waals surface area contributed by atoms with E-state index in [0.717, 1.165) is 47.8 Å². The van der Waals surface area contributed by atoms with Crippen LogP contribution in [-0.2, 0) is 13.0 Å². The number of nitrogens with zero attached hydrogens (tertiary/aromatic N) is 1. The van der Waals surface area contributed by atoms with Crippen LogP contribution in [0.15, 0.2) is 54.6 Å². The van der Waals surface area contributed by atoms with Crippen LogP contribution in [0.1, 0.15) is 18.1 Å². The summed E-state index contributed by atoms with van der Waals surface area (Å²) in [4.78, 5) is 5.15. The van der Waals surface area contributed by atoms with E-state index in [0.29, 0.717) is 6.61 Å². The molecule has 5 rings (SSSR count). The summed E-state index contributed by atoms with van der Waals surface area (Å²) in [5.74, 6) is 1.50. The van der Waals surface area contributed by atoms with Crippen molar-refractivity contribution in [2.45, 2.75) is 19.9 Å². The van der Waals surface area contributed by atoms with E-state index in [2.05, 4.69) is 47.8 Å². The predicted molar refractivity (Wildman–Crippen MR) is 118 cm³/mol. The first-order valence-electron chi connectivity index (χ1n) is 10.2. The molecule has 0 saturated carbocycles. The quantitative estimate of drug-likeness (QED) is 0.497. The van der Waals surface area contributed by atoms with Crippen molar-refractivity contribution >= 4 is 21.7 Å². The molecule has 0 unspecified atom stereocenters. The Hall–Kier alpha value is -3.11. The minimum absolute atomic E-state index is 0.575. The summed E-state index contributed by atoms with van der Waals surface area (Å²) in [6, 6.07) is 18.9. The number of ether oxygens (including phenoxy) is 2. The lowest BCUT2D eigenvalue weighted by Crippen LogP contribution is -2.25. The number of rotatable bonds is 4. The molecule has 1 aliphatic heterocycles. The van der Waals surface area contributed by atoms with Gasteiger partial charge in [0.1, 0.15) is 0 Å². The van der Waals surface area contributed by atoms with Gasteiger partial charge in [0.15, 0.2) is 11.5 Å². The average molecular weight is 384 g/mol. The molecule has 1 N–H and O–H groups in total. The Balaban J connectivity index is 1.86. The second kappa shape index (κ2) is 7.37. The number of pyridine rings is 1. The minimum Gasteiger partial charge on any atom is -0.493 e. The van der Waals surface area contributed by atoms with Gasteiger partial charge in [-0.25, -0.2) is 4.98 Å². The molecular weight excluding hydrogens is 360 g/mol. The molecule has 0 atom stereocenters. The van der Waals surface area contributed by atoms with Crippen molar-refractivity contribution in [3.05, 3.63) is 65.7 Å². The molecule has 1 aromatic heterocycles. The van der Waals surface area contributed by atoms with Crippen molar-refractivity contribution in [3.63, 3.8) is 0 Å². The van der Waals surface area contributed by atoms with Crippen molar-refractivity contribution in [2.75, 3.05) is 20.3 Å². The molecule has 4 nitrogen and oxygen atoms in total. The molecule has 0 radical (unpaired) electrons. The Morgan fingerprint density at radius 1 is 1.00 bits per heavy atom. The SMILES string of the molecule is CCOc1c(OC)cccc1-c1nc2ccc3ccccc3c2c2c1CNCC2. The molecule has 2 heterocycles. The fourth-order valence-electron chi connectivity index (χ4n) is 4.42. The van der Waals surface area contributed by atoms with Crippen molar-refractivity contribution in [2.24, 2.45) is 0 Å². The van der Waals surface area contributed by atoms with Gasteiger partial charge in [0, 0.05) is 17.5 Å². The number of methoxy groups -OCH3 is 1. The first-order valence-corrected chi connectivity index (χ1v) is 10.2. The van der Waals surface area contributed by atoms with E-state index in [-0.39, 0.29) is 0 Å². The second-order valence-electron chi connectivity index (χ2n) is 7.30. The highest BCUT2D eigenvalue weighted by Crippen LogP contribution is 2.42. The first-order chi connectivity index (χ1) is 14.3. The Bertz CT molecular complexity index is 1220. The summed E-state index contributed by atoms with van der Waals surface area (Å²) < 4.78 is 11.6. The Morgan fingerprint density at radius 3 is 2.76 bits per heavy atom. The second-order valence-corrected chi connectivity index (χ2v) is 7.30. The van der Waals surface area contributed by atoms with Gasteiger partial charge in [-0.15, -0.1) is 0 Å². The van der Waals surface area contributed by atoms with Gasteiger partial charge in [-0.05, 0) is 60.0 Å². The highest BCUT2D eigenvalue weighted by atomic mass is 16.5. The fourth-order valence-corrected chi connectivity index (χ4v) is 4.42. The third kappa shape index (κ3) is 2.91. The largest absolute Gasteiger partial charge is 0.493 e. The lowest BCUT2D eigenvalue weighted by Gasteiger charge is -2.24. The standard InChI is InChI=1S/C25H24N2O2/c1-3-29-25-19(9-6-10-22(25)28-2)24-20-15-26-14-13-18(20)23-17-8-5-4-7-16(17)11-12-21(23)27-24/h4-12,26H,3,13-15H2,1-2H3. The topological polar surface area (TPSA) is 43.4 Å². The monoisotopic (exact) mass is 384 g/mol. The first kappa shape index (κ1) is 18.0. The zero-order valence-electron chi connectivity index (χ0n) is 16.8. The minimum atomic E-state index is 0.575. The summed E-state index contributed by atoms with van der Waals surface area (Å²) in [7, 11) is 1.68. The van der Waals surface area contributed by atoms with Gasteiger partial charge in [-0.2, -0.15) is 0 Å². The average Bonchev–Trinajstić information content (AvgIpc) is 2.78. The normalized spacial score (nSPS) is 13.4. The zero-order chi connectivity index (χ0) is 19.8. The Morgan fingerprint density at radius 2 is 1.90 bits per heavy atom. The molecule has 1 aliphatic rings. The Kier molecular flexibility index (Phi) is 4.57. The van der Waals surface area contributed by atoms with E-state index >= 15 is 0 Å². The smallest absolute Gasteiger partial charge is 0.170 e. The van der Waals surface area contributed by atoms with E-state index < -0.39 is 0 Å². The molecular formula is C25H24N2O2. The van der Waals surface area contributed by atoms with Crippen molar-refractivity contribution in [1.82, 2.24) is 10.3 Å². The van der Waals surface area contributed by atoms with Crippen LogP contribution in [0.25, 0.3) is 32.9 Å². The Labute approximate surface area is 170 Å². The van der Waals surface area contributed by atoms with Crippen LogP contribution in [0.3, 0.4) is 0 Å². The molecule has 0 fully saturated rings. The van der Waals surface area contributed by atoms with Gasteiger partial charge in [-0.1, -0.05) is 36.4 Å². The maximum absolute atomic E-state index is 6.00. The van der Waals surface area contributed by atoms with E-state index in [1.54, 1.807) is 7.11 Å². The highest BCUT2D eigenvalue weighted by Gasteiger charge is 2.23. The molecule has 4 aromatic rings. The lowest BCUT2D eigenvalue weighted by atomic mass is 9.90. The molecule has 3 aromatic carbocycles. The van der Waals surface area contributed by atoms with Gasteiger partial charge in [0.25, 0.3) is 0 Å². The van der Waals surface area contributed by atoms with Crippen LogP contribution >= 0.6 is 0 Å². The van der Waals surface area contributed by atoms with Crippen LogP contribution in [-0.4, -0.2) is 25.2 Å². The van der Waals surface area contributed by atoms with Crippen LogP contribution < -0.4 is 14.8 Å². The van der Waals surface area contributed by atoms with Crippen LogP contribution in [0.5, 0.6) is 11.5 Å². The lowest BCUT2D eigenvalue weighted by molar-refractivity contribution is 0.312. The van der Waals surface area contributed by atoms with E-state index in [4.69, 9.17) is 14.5 Å². The van der Waals surface area contributed by atoms with Crippen LogP contribution in [0.4, 0.5) is 0 Å². The number of hydrogen-bond acceptors (Lipinski definition) is 4. The summed E-state index contributed by atoms with van der Waals surface area (Å²) in [6.45, 7) is 4.35.